The first-order chi connectivity index (χ1) is 14.1. The van der Waals surface area contributed by atoms with Gasteiger partial charge in [0.15, 0.2) is 6.10 Å². The molecule has 2 amide bonds. The normalized spacial score (nSPS) is 28.5. The quantitative estimate of drug-likeness (QED) is 0.575. The predicted molar refractivity (Wildman–Crippen MR) is 108 cm³/mol. The highest BCUT2D eigenvalue weighted by Crippen LogP contribution is 2.57. The average molecular weight is 389 g/mol. The molecule has 1 saturated heterocycles. The highest BCUT2D eigenvalue weighted by atomic mass is 16.5. The molecule has 0 radical (unpaired) electrons. The van der Waals surface area contributed by atoms with E-state index in [0.717, 1.165) is 19.3 Å². The van der Waals surface area contributed by atoms with Crippen molar-refractivity contribution in [1.29, 1.82) is 0 Å². The lowest BCUT2D eigenvalue weighted by atomic mass is 9.81. The van der Waals surface area contributed by atoms with Crippen LogP contribution in [0, 0.1) is 23.7 Å². The molecule has 148 valence electrons. The van der Waals surface area contributed by atoms with Gasteiger partial charge in [-0.1, -0.05) is 42.5 Å². The summed E-state index contributed by atoms with van der Waals surface area (Å²) in [6, 6.07) is 16.0. The molecule has 0 spiro atoms. The van der Waals surface area contributed by atoms with E-state index in [1.54, 1.807) is 43.3 Å². The Morgan fingerprint density at radius 1 is 0.931 bits per heavy atom. The van der Waals surface area contributed by atoms with E-state index in [1.165, 1.54) is 4.90 Å². The van der Waals surface area contributed by atoms with Crippen molar-refractivity contribution >= 4 is 23.3 Å². The number of ether oxygens (including phenoxy) is 1. The SMILES string of the molecule is C[C@H](Oc1ccccc1N1C(=O)[C@H]2[C@@H]3CC[C@@H](C3)[C@@H]2C1=O)C(=O)c1ccccc1. The standard InChI is InChI=1S/C24H23NO4/c1-14(22(26)15-7-3-2-4-8-15)29-19-10-6-5-9-18(19)25-23(27)20-16-11-12-17(13-16)21(20)24(25)28/h2-10,14,16-17,20-21H,11-13H2,1H3/t14-,16-,17+,20-,21-/m0/s1. The maximum absolute atomic E-state index is 13.2. The Bertz CT molecular complexity index is 957. The molecule has 29 heavy (non-hydrogen) atoms. The topological polar surface area (TPSA) is 63.7 Å². The molecule has 0 unspecified atom stereocenters. The van der Waals surface area contributed by atoms with E-state index in [0.29, 0.717) is 28.8 Å². The van der Waals surface area contributed by atoms with Crippen molar-refractivity contribution in [3.05, 3.63) is 60.2 Å². The molecule has 1 aliphatic heterocycles. The van der Waals surface area contributed by atoms with Gasteiger partial charge >= 0.3 is 0 Å². The molecule has 5 heteroatoms. The lowest BCUT2D eigenvalue weighted by Crippen LogP contribution is -2.34. The Kier molecular flexibility index (Phi) is 4.26. The highest BCUT2D eigenvalue weighted by Gasteiger charge is 2.61. The van der Waals surface area contributed by atoms with Crippen molar-refractivity contribution in [3.8, 4) is 5.75 Å². The summed E-state index contributed by atoms with van der Waals surface area (Å²) in [6.45, 7) is 1.69. The zero-order valence-corrected chi connectivity index (χ0v) is 16.3. The van der Waals surface area contributed by atoms with Crippen molar-refractivity contribution < 1.29 is 19.1 Å². The third kappa shape index (κ3) is 2.79. The minimum Gasteiger partial charge on any atom is -0.480 e. The fraction of sp³-hybridized carbons (Fsp3) is 0.375. The van der Waals surface area contributed by atoms with Gasteiger partial charge in [0.2, 0.25) is 17.6 Å². The smallest absolute Gasteiger partial charge is 0.238 e. The predicted octanol–water partition coefficient (Wildman–Crippen LogP) is 3.87. The largest absolute Gasteiger partial charge is 0.480 e. The number of hydrogen-bond donors (Lipinski definition) is 0. The van der Waals surface area contributed by atoms with Crippen LogP contribution in [0.1, 0.15) is 36.5 Å². The van der Waals surface area contributed by atoms with E-state index in [1.807, 2.05) is 18.2 Å². The molecule has 2 bridgehead atoms. The first-order valence-electron chi connectivity index (χ1n) is 10.3. The molecule has 5 rings (SSSR count). The molecule has 2 aromatic carbocycles. The third-order valence-corrected chi connectivity index (χ3v) is 6.76. The van der Waals surface area contributed by atoms with Crippen LogP contribution in [0.15, 0.2) is 54.6 Å². The monoisotopic (exact) mass is 389 g/mol. The Balaban J connectivity index is 1.42. The molecule has 5 atom stereocenters. The second kappa shape index (κ2) is 6.83. The lowest BCUT2D eigenvalue weighted by molar-refractivity contribution is -0.123. The van der Waals surface area contributed by atoms with Crippen molar-refractivity contribution in [2.24, 2.45) is 23.7 Å². The maximum Gasteiger partial charge on any atom is 0.238 e. The van der Waals surface area contributed by atoms with Crippen LogP contribution in [0.3, 0.4) is 0 Å². The average Bonchev–Trinajstić information content (AvgIpc) is 3.42. The van der Waals surface area contributed by atoms with Gasteiger partial charge in [0.25, 0.3) is 0 Å². The number of fused-ring (bicyclic) bond motifs is 5. The number of benzene rings is 2. The first kappa shape index (κ1) is 18.1. The van der Waals surface area contributed by atoms with Crippen LogP contribution in [0.4, 0.5) is 5.69 Å². The van der Waals surface area contributed by atoms with Crippen LogP contribution in [0.5, 0.6) is 5.75 Å². The molecule has 3 aliphatic rings. The number of hydrogen-bond acceptors (Lipinski definition) is 4. The van der Waals surface area contributed by atoms with Crippen LogP contribution in [0.2, 0.25) is 0 Å². The second-order valence-corrected chi connectivity index (χ2v) is 8.35. The Hall–Kier alpha value is -2.95. The molecule has 0 N–H and O–H groups in total. The summed E-state index contributed by atoms with van der Waals surface area (Å²) in [4.78, 5) is 40.3. The van der Waals surface area contributed by atoms with Crippen LogP contribution in [-0.4, -0.2) is 23.7 Å². The molecular weight excluding hydrogens is 366 g/mol. The maximum atomic E-state index is 13.2. The molecule has 2 aromatic rings. The van der Waals surface area contributed by atoms with Crippen molar-refractivity contribution in [2.45, 2.75) is 32.3 Å². The molecule has 1 heterocycles. The number of Topliss-reactive ketones (excluding diaryl/α,β-unsaturated/α-hetero) is 1. The Morgan fingerprint density at radius 2 is 1.52 bits per heavy atom. The number of carbonyl (C=O) groups excluding carboxylic acids is 3. The zero-order chi connectivity index (χ0) is 20.1. The van der Waals surface area contributed by atoms with Crippen molar-refractivity contribution in [3.63, 3.8) is 0 Å². The number of para-hydroxylation sites is 2. The first-order valence-corrected chi connectivity index (χ1v) is 10.3. The summed E-state index contributed by atoms with van der Waals surface area (Å²) in [5.41, 5.74) is 1.01. The minimum absolute atomic E-state index is 0.106. The van der Waals surface area contributed by atoms with Gasteiger partial charge in [-0.3, -0.25) is 14.4 Å². The zero-order valence-electron chi connectivity index (χ0n) is 16.3. The number of anilines is 1. The molecule has 5 nitrogen and oxygen atoms in total. The molecule has 2 saturated carbocycles. The summed E-state index contributed by atoms with van der Waals surface area (Å²) in [6.07, 6.45) is 2.35. The van der Waals surface area contributed by atoms with Crippen LogP contribution >= 0.6 is 0 Å². The van der Waals surface area contributed by atoms with E-state index >= 15 is 0 Å². The van der Waals surface area contributed by atoms with E-state index in [-0.39, 0.29) is 29.4 Å². The number of ketones is 1. The van der Waals surface area contributed by atoms with Crippen molar-refractivity contribution in [1.82, 2.24) is 0 Å². The molecular formula is C24H23NO4. The fourth-order valence-electron chi connectivity index (χ4n) is 5.47. The molecule has 2 aliphatic carbocycles. The third-order valence-electron chi connectivity index (χ3n) is 6.76. The van der Waals surface area contributed by atoms with Crippen LogP contribution in [-0.2, 0) is 9.59 Å². The summed E-state index contributed by atoms with van der Waals surface area (Å²) in [5.74, 6) is 0.329. The summed E-state index contributed by atoms with van der Waals surface area (Å²) in [7, 11) is 0. The Labute approximate surface area is 169 Å². The second-order valence-electron chi connectivity index (χ2n) is 8.35. The number of carbonyl (C=O) groups is 3. The van der Waals surface area contributed by atoms with Gasteiger partial charge < -0.3 is 4.74 Å². The lowest BCUT2D eigenvalue weighted by Gasteiger charge is -2.22. The van der Waals surface area contributed by atoms with E-state index in [4.69, 9.17) is 4.74 Å². The summed E-state index contributed by atoms with van der Waals surface area (Å²) >= 11 is 0. The van der Waals surface area contributed by atoms with E-state index in [9.17, 15) is 14.4 Å². The number of amides is 2. The van der Waals surface area contributed by atoms with Crippen molar-refractivity contribution in [2.75, 3.05) is 4.90 Å². The van der Waals surface area contributed by atoms with Gasteiger partial charge in [-0.05, 0) is 50.2 Å². The van der Waals surface area contributed by atoms with E-state index in [2.05, 4.69) is 0 Å². The van der Waals surface area contributed by atoms with E-state index < -0.39 is 6.10 Å². The van der Waals surface area contributed by atoms with Gasteiger partial charge in [0.05, 0.1) is 17.5 Å². The summed E-state index contributed by atoms with van der Waals surface area (Å²) < 4.78 is 5.97. The highest BCUT2D eigenvalue weighted by molar-refractivity contribution is 6.23. The number of rotatable bonds is 5. The number of imide groups is 1. The van der Waals surface area contributed by atoms with Gasteiger partial charge in [0.1, 0.15) is 5.75 Å². The van der Waals surface area contributed by atoms with Gasteiger partial charge in [-0.25, -0.2) is 4.90 Å². The minimum atomic E-state index is -0.734. The van der Waals surface area contributed by atoms with Gasteiger partial charge in [0, 0.05) is 5.56 Å². The fourth-order valence-corrected chi connectivity index (χ4v) is 5.47. The number of nitrogens with zero attached hydrogens (tertiary/aromatic N) is 1. The molecule has 0 aromatic heterocycles. The molecule has 3 fully saturated rings. The van der Waals surface area contributed by atoms with Gasteiger partial charge in [-0.2, -0.15) is 0 Å². The van der Waals surface area contributed by atoms with Crippen LogP contribution in [0.25, 0.3) is 0 Å². The van der Waals surface area contributed by atoms with Crippen LogP contribution < -0.4 is 9.64 Å². The Morgan fingerprint density at radius 3 is 2.17 bits per heavy atom. The summed E-state index contributed by atoms with van der Waals surface area (Å²) in [5, 5.41) is 0. The van der Waals surface area contributed by atoms with Gasteiger partial charge in [-0.15, -0.1) is 0 Å².